The largest absolute Gasteiger partial charge is 0.505 e. The van der Waals surface area contributed by atoms with Crippen LogP contribution in [0.2, 0.25) is 0 Å². The number of anilines is 5. The number of nitrogens with one attached hydrogen (secondary N) is 3. The van der Waals surface area contributed by atoms with E-state index in [0.29, 0.717) is 5.69 Å². The number of benzene rings is 4. The van der Waals surface area contributed by atoms with Gasteiger partial charge in [-0.2, -0.15) is 42.0 Å². The Morgan fingerprint density at radius 3 is 2.19 bits per heavy atom. The van der Waals surface area contributed by atoms with E-state index in [1.807, 2.05) is 19.1 Å². The Labute approximate surface area is 270 Å². The van der Waals surface area contributed by atoms with Crippen LogP contribution in [0.3, 0.4) is 0 Å². The van der Waals surface area contributed by atoms with Crippen molar-refractivity contribution in [2.75, 3.05) is 15.4 Å². The number of aromatic nitrogens is 3. The molecular weight excluding hydrogens is 674 g/mol. The third-order valence-electron chi connectivity index (χ3n) is 6.42. The second-order valence-corrected chi connectivity index (χ2v) is 12.4. The number of aromatic carboxylic acids is 1. The van der Waals surface area contributed by atoms with E-state index in [1.54, 1.807) is 16.9 Å². The van der Waals surface area contributed by atoms with Crippen molar-refractivity contribution >= 4 is 77.5 Å². The molecule has 0 aliphatic heterocycles. The van der Waals surface area contributed by atoms with E-state index < -0.39 is 59.8 Å². The second kappa shape index (κ2) is 13.0. The van der Waals surface area contributed by atoms with E-state index in [9.17, 15) is 41.5 Å². The molecule has 0 saturated carbocycles. The number of nitrogens with two attached hydrogens (primary N) is 1. The first-order valence-corrected chi connectivity index (χ1v) is 16.0. The van der Waals surface area contributed by atoms with Gasteiger partial charge >= 0.3 is 32.4 Å². The minimum Gasteiger partial charge on any atom is -0.505 e. The van der Waals surface area contributed by atoms with Crippen molar-refractivity contribution in [1.82, 2.24) is 15.0 Å². The number of fused-ring (bicyclic) bond motifs is 1. The molecule has 4 aromatic carbocycles. The molecule has 0 bridgehead atoms. The molecule has 48 heavy (non-hydrogen) atoms. The van der Waals surface area contributed by atoms with Crippen molar-refractivity contribution in [3.05, 3.63) is 77.9 Å². The van der Waals surface area contributed by atoms with Crippen molar-refractivity contribution in [3.63, 3.8) is 0 Å². The van der Waals surface area contributed by atoms with Gasteiger partial charge in [0, 0.05) is 11.1 Å². The molecule has 0 radical (unpaired) electrons. The van der Waals surface area contributed by atoms with Gasteiger partial charge in [0.1, 0.15) is 10.6 Å². The van der Waals surface area contributed by atoms with Gasteiger partial charge < -0.3 is 26.0 Å². The van der Waals surface area contributed by atoms with Crippen LogP contribution in [0, 0.1) is 6.92 Å². The van der Waals surface area contributed by atoms with Crippen LogP contribution in [-0.2, 0) is 24.7 Å². The summed E-state index contributed by atoms with van der Waals surface area (Å²) in [5, 5.41) is 43.7. The van der Waals surface area contributed by atoms with Gasteiger partial charge in [0.05, 0.1) is 22.3 Å². The van der Waals surface area contributed by atoms with Crippen LogP contribution in [0.15, 0.2) is 81.9 Å². The summed E-state index contributed by atoms with van der Waals surface area (Å²) in [6.45, 7) is 1.89. The van der Waals surface area contributed by atoms with E-state index in [0.717, 1.165) is 23.8 Å². The molecule has 0 atom stereocenters. The number of hydrogen-bond donors (Lipinski definition) is 8. The van der Waals surface area contributed by atoms with Crippen LogP contribution in [0.1, 0.15) is 15.9 Å². The van der Waals surface area contributed by atoms with Gasteiger partial charge in [0.15, 0.2) is 11.4 Å². The number of nitrogens with zero attached hydrogens (tertiary/aromatic N) is 5. The summed E-state index contributed by atoms with van der Waals surface area (Å²) in [5.74, 6) is 2.28. The normalized spacial score (nSPS) is 11.9. The summed E-state index contributed by atoms with van der Waals surface area (Å²) in [7, 11) is -9.82. The van der Waals surface area contributed by atoms with Gasteiger partial charge in [-0.15, -0.1) is 10.2 Å². The van der Waals surface area contributed by atoms with Crippen molar-refractivity contribution in [2.45, 2.75) is 11.8 Å². The smallest absolute Gasteiger partial charge is 0.357 e. The van der Waals surface area contributed by atoms with Crippen LogP contribution < -0.4 is 21.3 Å². The van der Waals surface area contributed by atoms with Crippen molar-refractivity contribution in [1.29, 1.82) is 0 Å². The number of carboxylic acids is 1. The van der Waals surface area contributed by atoms with Gasteiger partial charge in [0.25, 0.3) is 0 Å². The SMILES string of the molecule is Cc1ccc(Nc2nc(O)nc(Nc3ccc(S(=O)(=O)ON)c4cc(NS(=O)(=O)O)c(N=Nc5ccccc5C(=O)O)c(O)c34)n2)cc1. The molecule has 0 fully saturated rings. The molecule has 0 amide bonds. The highest BCUT2D eigenvalue weighted by Gasteiger charge is 2.26. The predicted molar refractivity (Wildman–Crippen MR) is 170 cm³/mol. The second-order valence-electron chi connectivity index (χ2n) is 9.70. The lowest BCUT2D eigenvalue weighted by Gasteiger charge is -2.17. The van der Waals surface area contributed by atoms with Gasteiger partial charge in [-0.25, -0.2) is 4.79 Å². The summed E-state index contributed by atoms with van der Waals surface area (Å²) in [5.41, 5.74) is -0.465. The van der Waals surface area contributed by atoms with Gasteiger partial charge in [-0.1, -0.05) is 29.8 Å². The van der Waals surface area contributed by atoms with Crippen molar-refractivity contribution < 1.29 is 45.8 Å². The highest BCUT2D eigenvalue weighted by atomic mass is 32.2. The van der Waals surface area contributed by atoms with Gasteiger partial charge in [-0.3, -0.25) is 9.27 Å². The predicted octanol–water partition coefficient (Wildman–Crippen LogP) is 4.14. The lowest BCUT2D eigenvalue weighted by atomic mass is 10.0. The number of carboxylic acid groups (broad SMARTS) is 1. The van der Waals surface area contributed by atoms with E-state index in [1.165, 1.54) is 24.3 Å². The minimum atomic E-state index is -5.08. The van der Waals surface area contributed by atoms with E-state index in [2.05, 4.69) is 40.1 Å². The van der Waals surface area contributed by atoms with E-state index in [4.69, 9.17) is 5.90 Å². The molecule has 0 unspecified atom stereocenters. The fourth-order valence-electron chi connectivity index (χ4n) is 4.36. The third-order valence-corrected chi connectivity index (χ3v) is 8.04. The molecular formula is C27H23N9O10S2. The quantitative estimate of drug-likeness (QED) is 0.0546. The molecule has 21 heteroatoms. The maximum absolute atomic E-state index is 12.8. The number of rotatable bonds is 11. The maximum Gasteiger partial charge on any atom is 0.357 e. The Balaban J connectivity index is 1.72. The Morgan fingerprint density at radius 2 is 1.54 bits per heavy atom. The molecule has 0 spiro atoms. The molecule has 0 saturated heterocycles. The molecule has 1 aromatic heterocycles. The summed E-state index contributed by atoms with van der Waals surface area (Å²) in [6.07, 6.45) is 0. The molecule has 19 nitrogen and oxygen atoms in total. The lowest BCUT2D eigenvalue weighted by Crippen LogP contribution is -2.13. The number of carbonyl (C=O) groups is 1. The fourth-order valence-corrected chi connectivity index (χ4v) is 5.56. The van der Waals surface area contributed by atoms with Crippen LogP contribution in [0.4, 0.5) is 40.3 Å². The number of aryl methyl sites for hydroxylation is 1. The molecule has 0 aliphatic carbocycles. The fraction of sp³-hybridized carbons (Fsp3) is 0.0370. The van der Waals surface area contributed by atoms with Gasteiger partial charge in [-0.05, 0) is 49.4 Å². The Kier molecular flexibility index (Phi) is 9.05. The minimum absolute atomic E-state index is 0.107. The monoisotopic (exact) mass is 697 g/mol. The molecule has 5 rings (SSSR count). The number of phenolic OH excluding ortho intramolecular Hbond substituents is 1. The molecule has 248 valence electrons. The average Bonchev–Trinajstić information content (AvgIpc) is 3.01. The first-order chi connectivity index (χ1) is 22.6. The van der Waals surface area contributed by atoms with Crippen LogP contribution in [0.5, 0.6) is 11.8 Å². The Hall–Kier alpha value is -6.00. The Morgan fingerprint density at radius 1 is 0.875 bits per heavy atom. The van der Waals surface area contributed by atoms with Crippen LogP contribution in [-0.4, -0.2) is 57.6 Å². The Bertz CT molecular complexity index is 2320. The number of aromatic hydroxyl groups is 2. The van der Waals surface area contributed by atoms with Crippen molar-refractivity contribution in [3.8, 4) is 11.8 Å². The van der Waals surface area contributed by atoms with Gasteiger partial charge in [0.2, 0.25) is 11.9 Å². The first kappa shape index (κ1) is 33.4. The van der Waals surface area contributed by atoms with E-state index in [-0.39, 0.29) is 34.2 Å². The first-order valence-electron chi connectivity index (χ1n) is 13.2. The third kappa shape index (κ3) is 7.35. The van der Waals surface area contributed by atoms with Crippen LogP contribution >= 0.6 is 0 Å². The van der Waals surface area contributed by atoms with E-state index >= 15 is 0 Å². The lowest BCUT2D eigenvalue weighted by molar-refractivity contribution is 0.0697. The number of phenols is 1. The highest BCUT2D eigenvalue weighted by Crippen LogP contribution is 2.47. The highest BCUT2D eigenvalue weighted by molar-refractivity contribution is 7.87. The number of hydrogen-bond acceptors (Lipinski definition) is 16. The molecule has 1 heterocycles. The standard InChI is InChI=1S/C27H23N9O10S2/c1-13-6-8-14(9-7-13)29-25-31-26(33-27(40)32-25)30-18-10-11-20(47(41,42)46-28)16-12-19(36-48(43,44)45)22(23(37)21(16)18)35-34-17-5-3-2-4-15(17)24(38)39/h2-12,36-37H,28H2,1H3,(H,38,39)(H,43,44,45)(H3,29,30,31,32,33,40). The number of azo groups is 1. The maximum atomic E-state index is 12.8. The topological polar surface area (TPSA) is 301 Å². The van der Waals surface area contributed by atoms with Crippen molar-refractivity contribution in [2.24, 2.45) is 16.1 Å². The molecule has 9 N–H and O–H groups in total. The average molecular weight is 698 g/mol. The molecule has 5 aromatic rings. The zero-order valence-corrected chi connectivity index (χ0v) is 25.9. The summed E-state index contributed by atoms with van der Waals surface area (Å²) in [6, 6.07) is 14.7. The zero-order chi connectivity index (χ0) is 34.8. The summed E-state index contributed by atoms with van der Waals surface area (Å²) in [4.78, 5) is 22.8. The summed E-state index contributed by atoms with van der Waals surface area (Å²) < 4.78 is 64.7. The molecule has 0 aliphatic rings. The summed E-state index contributed by atoms with van der Waals surface area (Å²) >= 11 is 0. The van der Waals surface area contributed by atoms with Crippen LogP contribution in [0.25, 0.3) is 10.8 Å². The zero-order valence-electron chi connectivity index (χ0n) is 24.2.